The lowest BCUT2D eigenvalue weighted by Gasteiger charge is -2.21. The maximum Gasteiger partial charge on any atom is 0.325 e. The van der Waals surface area contributed by atoms with Gasteiger partial charge in [-0.25, -0.2) is 4.79 Å². The summed E-state index contributed by atoms with van der Waals surface area (Å²) in [7, 11) is 3.56. The second kappa shape index (κ2) is 8.29. The molecule has 1 aromatic heterocycles. The minimum atomic E-state index is -0.869. The number of hydrogen-bond donors (Lipinski definition) is 2. The smallest absolute Gasteiger partial charge is 0.325 e. The van der Waals surface area contributed by atoms with Crippen molar-refractivity contribution in [3.8, 4) is 0 Å². The molecule has 3 amide bonds. The van der Waals surface area contributed by atoms with Gasteiger partial charge in [0.25, 0.3) is 5.91 Å². The highest BCUT2D eigenvalue weighted by Crippen LogP contribution is 2.25. The van der Waals surface area contributed by atoms with Gasteiger partial charge in [-0.1, -0.05) is 39.0 Å². The number of carbonyl (C=O) groups excluding carboxylic acids is 2. The number of imide groups is 1. The largest absolute Gasteiger partial charge is 0.368 e. The Bertz CT molecular complexity index is 665. The van der Waals surface area contributed by atoms with Crippen LogP contribution in [0, 0.1) is 0 Å². The van der Waals surface area contributed by atoms with Gasteiger partial charge in [0.05, 0.1) is 6.54 Å². The molecular weight excluding hydrogens is 334 g/mol. The first-order valence-electron chi connectivity index (χ1n) is 9.08. The third-order valence-corrected chi connectivity index (χ3v) is 4.51. The Kier molecular flexibility index (Phi) is 6.33. The number of unbranched alkanes of at least 4 members (excludes halogenated alkanes) is 4. The zero-order valence-electron chi connectivity index (χ0n) is 16.1. The SMILES string of the molecule is CCCCCCC[C@]1(C)NC(=O)N(Cc2nc(N)nc(N(C)C)n2)C1=O. The lowest BCUT2D eigenvalue weighted by atomic mass is 9.94. The molecule has 1 fully saturated rings. The van der Waals surface area contributed by atoms with E-state index in [1.54, 1.807) is 25.9 Å². The summed E-state index contributed by atoms with van der Waals surface area (Å²) >= 11 is 0. The molecule has 0 bridgehead atoms. The topological polar surface area (TPSA) is 117 Å². The van der Waals surface area contributed by atoms with Crippen molar-refractivity contribution in [1.29, 1.82) is 0 Å². The number of nitrogen functional groups attached to an aromatic ring is 1. The molecule has 0 radical (unpaired) electrons. The maximum absolute atomic E-state index is 12.8. The van der Waals surface area contributed by atoms with E-state index in [9.17, 15) is 9.59 Å². The van der Waals surface area contributed by atoms with Crippen LogP contribution >= 0.6 is 0 Å². The summed E-state index contributed by atoms with van der Waals surface area (Å²) in [6.07, 6.45) is 6.10. The number of rotatable bonds is 9. The highest BCUT2D eigenvalue weighted by atomic mass is 16.2. The maximum atomic E-state index is 12.8. The molecule has 1 aliphatic heterocycles. The molecule has 0 saturated carbocycles. The molecule has 1 aliphatic rings. The van der Waals surface area contributed by atoms with Gasteiger partial charge in [-0.15, -0.1) is 0 Å². The zero-order valence-corrected chi connectivity index (χ0v) is 16.1. The number of urea groups is 1. The van der Waals surface area contributed by atoms with Crippen molar-refractivity contribution >= 4 is 23.8 Å². The molecule has 0 aliphatic carbocycles. The second-order valence-electron chi connectivity index (χ2n) is 7.12. The van der Waals surface area contributed by atoms with Crippen LogP contribution in [0.3, 0.4) is 0 Å². The molecule has 26 heavy (non-hydrogen) atoms. The number of nitrogens with two attached hydrogens (primary N) is 1. The number of hydrogen-bond acceptors (Lipinski definition) is 7. The third kappa shape index (κ3) is 4.59. The number of aromatic nitrogens is 3. The monoisotopic (exact) mass is 363 g/mol. The van der Waals surface area contributed by atoms with E-state index in [4.69, 9.17) is 5.73 Å². The van der Waals surface area contributed by atoms with Crippen molar-refractivity contribution < 1.29 is 9.59 Å². The van der Waals surface area contributed by atoms with Crippen molar-refractivity contribution in [3.63, 3.8) is 0 Å². The van der Waals surface area contributed by atoms with Crippen molar-refractivity contribution in [1.82, 2.24) is 25.2 Å². The van der Waals surface area contributed by atoms with Crippen LogP contribution in [-0.2, 0) is 11.3 Å². The lowest BCUT2D eigenvalue weighted by Crippen LogP contribution is -2.43. The first kappa shape index (κ1) is 19.9. The van der Waals surface area contributed by atoms with E-state index in [1.165, 1.54) is 12.8 Å². The summed E-state index contributed by atoms with van der Waals surface area (Å²) in [5.74, 6) is 0.489. The minimum absolute atomic E-state index is 0.0242. The summed E-state index contributed by atoms with van der Waals surface area (Å²) < 4.78 is 0. The molecule has 3 N–H and O–H groups in total. The Morgan fingerprint density at radius 1 is 1.12 bits per heavy atom. The van der Waals surface area contributed by atoms with Gasteiger partial charge in [-0.3, -0.25) is 9.69 Å². The average molecular weight is 363 g/mol. The predicted octanol–water partition coefficient (Wildman–Crippen LogP) is 1.69. The molecule has 0 aromatic carbocycles. The van der Waals surface area contributed by atoms with E-state index in [0.717, 1.165) is 24.2 Å². The molecule has 144 valence electrons. The van der Waals surface area contributed by atoms with E-state index in [0.29, 0.717) is 12.4 Å². The van der Waals surface area contributed by atoms with Crippen LogP contribution in [0.15, 0.2) is 0 Å². The highest BCUT2D eigenvalue weighted by molar-refractivity contribution is 6.06. The summed E-state index contributed by atoms with van der Waals surface area (Å²) in [6, 6.07) is -0.420. The van der Waals surface area contributed by atoms with Crippen LogP contribution in [0.5, 0.6) is 0 Å². The average Bonchev–Trinajstić information content (AvgIpc) is 2.78. The molecule has 9 heteroatoms. The first-order chi connectivity index (χ1) is 12.3. The number of amides is 3. The van der Waals surface area contributed by atoms with Crippen LogP contribution in [0.25, 0.3) is 0 Å². The minimum Gasteiger partial charge on any atom is -0.368 e. The number of carbonyl (C=O) groups is 2. The van der Waals surface area contributed by atoms with Gasteiger partial charge < -0.3 is 16.0 Å². The molecule has 1 aromatic rings. The Labute approximate surface area is 154 Å². The summed E-state index contributed by atoms with van der Waals surface area (Å²) in [6.45, 7) is 3.92. The molecule has 0 spiro atoms. The van der Waals surface area contributed by atoms with Crippen LogP contribution in [0.4, 0.5) is 16.7 Å². The van der Waals surface area contributed by atoms with Gasteiger partial charge in [0.1, 0.15) is 5.54 Å². The van der Waals surface area contributed by atoms with Gasteiger partial charge in [-0.2, -0.15) is 15.0 Å². The van der Waals surface area contributed by atoms with E-state index in [-0.39, 0.29) is 24.2 Å². The highest BCUT2D eigenvalue weighted by Gasteiger charge is 2.47. The molecule has 9 nitrogen and oxygen atoms in total. The Morgan fingerprint density at radius 2 is 1.81 bits per heavy atom. The van der Waals surface area contributed by atoms with Crippen LogP contribution in [0.2, 0.25) is 0 Å². The van der Waals surface area contributed by atoms with Crippen LogP contribution in [-0.4, -0.2) is 51.4 Å². The van der Waals surface area contributed by atoms with E-state index in [1.807, 2.05) is 0 Å². The molecule has 1 saturated heterocycles. The van der Waals surface area contributed by atoms with Gasteiger partial charge in [0.2, 0.25) is 11.9 Å². The zero-order chi connectivity index (χ0) is 19.3. The Hall–Kier alpha value is -2.45. The molecular formula is C17H29N7O2. The quantitative estimate of drug-likeness (QED) is 0.506. The normalized spacial score (nSPS) is 19.8. The van der Waals surface area contributed by atoms with Crippen molar-refractivity contribution in [2.45, 2.75) is 64.5 Å². The van der Waals surface area contributed by atoms with E-state index >= 15 is 0 Å². The molecule has 2 rings (SSSR count). The Balaban J connectivity index is 2.04. The second-order valence-corrected chi connectivity index (χ2v) is 7.12. The molecule has 2 heterocycles. The van der Waals surface area contributed by atoms with E-state index < -0.39 is 11.6 Å². The van der Waals surface area contributed by atoms with Gasteiger partial charge in [-0.05, 0) is 13.3 Å². The summed E-state index contributed by atoms with van der Waals surface area (Å²) in [5, 5.41) is 2.82. The van der Waals surface area contributed by atoms with Crippen LogP contribution in [0.1, 0.15) is 58.2 Å². The van der Waals surface area contributed by atoms with Crippen molar-refractivity contribution in [2.75, 3.05) is 24.7 Å². The Morgan fingerprint density at radius 3 is 2.46 bits per heavy atom. The number of nitrogens with one attached hydrogen (secondary N) is 1. The van der Waals surface area contributed by atoms with Crippen LogP contribution < -0.4 is 16.0 Å². The van der Waals surface area contributed by atoms with Crippen molar-refractivity contribution in [2.24, 2.45) is 0 Å². The summed E-state index contributed by atoms with van der Waals surface area (Å²) in [5.41, 5.74) is 4.84. The first-order valence-corrected chi connectivity index (χ1v) is 9.08. The third-order valence-electron chi connectivity index (χ3n) is 4.51. The van der Waals surface area contributed by atoms with Crippen molar-refractivity contribution in [3.05, 3.63) is 5.82 Å². The molecule has 1 atom stereocenters. The standard InChI is InChI=1S/C17H29N7O2/c1-5-6-7-8-9-10-17(2)13(25)24(16(26)22-17)11-12-19-14(18)21-15(20-12)23(3)4/h5-11H2,1-4H3,(H,22,26)(H2,18,19,20,21)/t17-/m0/s1. The van der Waals surface area contributed by atoms with Gasteiger partial charge >= 0.3 is 6.03 Å². The predicted molar refractivity (Wildman–Crippen MR) is 99.4 cm³/mol. The fourth-order valence-corrected chi connectivity index (χ4v) is 2.98. The lowest BCUT2D eigenvalue weighted by molar-refractivity contribution is -0.131. The van der Waals surface area contributed by atoms with E-state index in [2.05, 4.69) is 27.2 Å². The number of nitrogens with zero attached hydrogens (tertiary/aromatic N) is 5. The fraction of sp³-hybridized carbons (Fsp3) is 0.706. The summed E-state index contributed by atoms with van der Waals surface area (Å²) in [4.78, 5) is 40.3. The fourth-order valence-electron chi connectivity index (χ4n) is 2.98. The van der Waals surface area contributed by atoms with Gasteiger partial charge in [0.15, 0.2) is 5.82 Å². The number of anilines is 2. The van der Waals surface area contributed by atoms with Gasteiger partial charge in [0, 0.05) is 14.1 Å². The molecule has 0 unspecified atom stereocenters.